The summed E-state index contributed by atoms with van der Waals surface area (Å²) in [5, 5.41) is 16.4. The SMILES string of the molecule is COc1ccc(NC(C)c2ccnn2C)cc1OCCO. The van der Waals surface area contributed by atoms with Crippen LogP contribution in [-0.2, 0) is 7.05 Å². The highest BCUT2D eigenvalue weighted by molar-refractivity contribution is 5.55. The second-order valence-corrected chi connectivity index (χ2v) is 4.68. The average Bonchev–Trinajstić information content (AvgIpc) is 2.91. The molecule has 114 valence electrons. The fraction of sp³-hybridized carbons (Fsp3) is 0.400. The van der Waals surface area contributed by atoms with E-state index in [2.05, 4.69) is 17.3 Å². The first-order valence-electron chi connectivity index (χ1n) is 6.82. The maximum absolute atomic E-state index is 8.87. The van der Waals surface area contributed by atoms with E-state index < -0.39 is 0 Å². The molecule has 0 saturated heterocycles. The summed E-state index contributed by atoms with van der Waals surface area (Å²) in [6.07, 6.45) is 1.78. The summed E-state index contributed by atoms with van der Waals surface area (Å²) in [6, 6.07) is 7.71. The Labute approximate surface area is 124 Å². The zero-order valence-electron chi connectivity index (χ0n) is 12.5. The van der Waals surface area contributed by atoms with Gasteiger partial charge in [0.1, 0.15) is 6.61 Å². The van der Waals surface area contributed by atoms with Crippen LogP contribution in [0, 0.1) is 0 Å². The van der Waals surface area contributed by atoms with Crippen molar-refractivity contribution in [1.82, 2.24) is 9.78 Å². The number of hydrogen-bond donors (Lipinski definition) is 2. The topological polar surface area (TPSA) is 68.5 Å². The molecule has 2 rings (SSSR count). The molecule has 0 saturated carbocycles. The van der Waals surface area contributed by atoms with Crippen molar-refractivity contribution in [2.45, 2.75) is 13.0 Å². The Hall–Kier alpha value is -2.21. The largest absolute Gasteiger partial charge is 0.493 e. The Bertz CT molecular complexity index is 583. The van der Waals surface area contributed by atoms with Gasteiger partial charge in [-0.25, -0.2) is 0 Å². The molecule has 0 aliphatic heterocycles. The third-order valence-corrected chi connectivity index (χ3v) is 3.20. The number of aliphatic hydroxyl groups excluding tert-OH is 1. The summed E-state index contributed by atoms with van der Waals surface area (Å²) >= 11 is 0. The molecule has 0 aliphatic carbocycles. The van der Waals surface area contributed by atoms with Crippen LogP contribution in [0.4, 0.5) is 5.69 Å². The molecule has 1 heterocycles. The summed E-state index contributed by atoms with van der Waals surface area (Å²) < 4.78 is 12.6. The minimum Gasteiger partial charge on any atom is -0.493 e. The van der Waals surface area contributed by atoms with Crippen LogP contribution in [0.1, 0.15) is 18.7 Å². The number of aromatic nitrogens is 2. The van der Waals surface area contributed by atoms with E-state index in [0.717, 1.165) is 11.4 Å². The smallest absolute Gasteiger partial charge is 0.163 e. The maximum Gasteiger partial charge on any atom is 0.163 e. The van der Waals surface area contributed by atoms with Gasteiger partial charge >= 0.3 is 0 Å². The number of anilines is 1. The Morgan fingerprint density at radius 2 is 2.14 bits per heavy atom. The number of ether oxygens (including phenoxy) is 2. The van der Waals surface area contributed by atoms with Crippen LogP contribution >= 0.6 is 0 Å². The molecule has 0 radical (unpaired) electrons. The highest BCUT2D eigenvalue weighted by atomic mass is 16.5. The number of benzene rings is 1. The Morgan fingerprint density at radius 3 is 2.76 bits per heavy atom. The lowest BCUT2D eigenvalue weighted by Gasteiger charge is -2.17. The molecule has 21 heavy (non-hydrogen) atoms. The molecule has 0 bridgehead atoms. The molecule has 2 N–H and O–H groups in total. The van der Waals surface area contributed by atoms with Crippen molar-refractivity contribution in [3.05, 3.63) is 36.2 Å². The van der Waals surface area contributed by atoms with Crippen LogP contribution in [0.15, 0.2) is 30.5 Å². The number of hydrogen-bond acceptors (Lipinski definition) is 5. The summed E-state index contributed by atoms with van der Waals surface area (Å²) in [5.41, 5.74) is 2.00. The molecule has 0 fully saturated rings. The number of aryl methyl sites for hydroxylation is 1. The molecule has 6 heteroatoms. The predicted molar refractivity (Wildman–Crippen MR) is 80.8 cm³/mol. The van der Waals surface area contributed by atoms with Crippen molar-refractivity contribution in [2.75, 3.05) is 25.6 Å². The van der Waals surface area contributed by atoms with Gasteiger partial charge in [0.2, 0.25) is 0 Å². The van der Waals surface area contributed by atoms with Gasteiger partial charge in [-0.15, -0.1) is 0 Å². The van der Waals surface area contributed by atoms with Gasteiger partial charge in [0.15, 0.2) is 11.5 Å². The van der Waals surface area contributed by atoms with E-state index in [1.165, 1.54) is 0 Å². The van der Waals surface area contributed by atoms with Crippen molar-refractivity contribution in [1.29, 1.82) is 0 Å². The molecule has 6 nitrogen and oxygen atoms in total. The normalized spacial score (nSPS) is 12.0. The van der Waals surface area contributed by atoms with Crippen molar-refractivity contribution < 1.29 is 14.6 Å². The number of nitrogens with zero attached hydrogens (tertiary/aromatic N) is 2. The molecular formula is C15H21N3O3. The quantitative estimate of drug-likeness (QED) is 0.816. The van der Waals surface area contributed by atoms with Crippen LogP contribution in [0.5, 0.6) is 11.5 Å². The molecule has 0 amide bonds. The molecule has 1 unspecified atom stereocenters. The van der Waals surface area contributed by atoms with E-state index in [0.29, 0.717) is 11.5 Å². The third-order valence-electron chi connectivity index (χ3n) is 3.20. The van der Waals surface area contributed by atoms with E-state index in [9.17, 15) is 0 Å². The standard InChI is InChI=1S/C15H21N3O3/c1-11(13-6-7-16-18(13)2)17-12-4-5-14(20-3)15(10-12)21-9-8-19/h4-7,10-11,17,19H,8-9H2,1-3H3. The van der Waals surface area contributed by atoms with Crippen molar-refractivity contribution >= 4 is 5.69 Å². The highest BCUT2D eigenvalue weighted by Crippen LogP contribution is 2.31. The van der Waals surface area contributed by atoms with Crippen LogP contribution in [0.3, 0.4) is 0 Å². The number of rotatable bonds is 7. The van der Waals surface area contributed by atoms with E-state index in [-0.39, 0.29) is 19.3 Å². The monoisotopic (exact) mass is 291 g/mol. The van der Waals surface area contributed by atoms with E-state index in [1.54, 1.807) is 13.3 Å². The van der Waals surface area contributed by atoms with Crippen molar-refractivity contribution in [3.63, 3.8) is 0 Å². The second kappa shape index (κ2) is 6.99. The lowest BCUT2D eigenvalue weighted by molar-refractivity contribution is 0.196. The van der Waals surface area contributed by atoms with Crippen LogP contribution < -0.4 is 14.8 Å². The summed E-state index contributed by atoms with van der Waals surface area (Å²) in [7, 11) is 3.50. The molecule has 0 spiro atoms. The number of aliphatic hydroxyl groups is 1. The Kier molecular flexibility index (Phi) is 5.05. The van der Waals surface area contributed by atoms with E-state index in [1.807, 2.05) is 36.0 Å². The minimum atomic E-state index is -0.0355. The van der Waals surface area contributed by atoms with Crippen molar-refractivity contribution in [3.8, 4) is 11.5 Å². The summed E-state index contributed by atoms with van der Waals surface area (Å²) in [4.78, 5) is 0. The predicted octanol–water partition coefficient (Wildman–Crippen LogP) is 1.97. The van der Waals surface area contributed by atoms with Gasteiger partial charge in [-0.1, -0.05) is 0 Å². The van der Waals surface area contributed by atoms with Gasteiger partial charge in [-0.3, -0.25) is 4.68 Å². The lowest BCUT2D eigenvalue weighted by atomic mass is 10.2. The molecular weight excluding hydrogens is 270 g/mol. The van der Waals surface area contributed by atoms with Gasteiger partial charge in [0.05, 0.1) is 25.5 Å². The first-order valence-corrected chi connectivity index (χ1v) is 6.82. The molecule has 2 aromatic rings. The number of methoxy groups -OCH3 is 1. The van der Waals surface area contributed by atoms with Crippen LogP contribution in [-0.4, -0.2) is 35.2 Å². The van der Waals surface area contributed by atoms with Gasteiger partial charge in [0.25, 0.3) is 0 Å². The molecule has 0 aliphatic rings. The van der Waals surface area contributed by atoms with Crippen LogP contribution in [0.25, 0.3) is 0 Å². The highest BCUT2D eigenvalue weighted by Gasteiger charge is 2.11. The fourth-order valence-corrected chi connectivity index (χ4v) is 2.17. The Morgan fingerprint density at radius 1 is 1.33 bits per heavy atom. The number of nitrogens with one attached hydrogen (secondary N) is 1. The van der Waals surface area contributed by atoms with Crippen LogP contribution in [0.2, 0.25) is 0 Å². The molecule has 1 aromatic carbocycles. The zero-order chi connectivity index (χ0) is 15.2. The second-order valence-electron chi connectivity index (χ2n) is 4.68. The minimum absolute atomic E-state index is 0.0355. The lowest BCUT2D eigenvalue weighted by Crippen LogP contribution is -2.11. The molecule has 1 aromatic heterocycles. The summed E-state index contributed by atoms with van der Waals surface area (Å²) in [6.45, 7) is 2.26. The average molecular weight is 291 g/mol. The fourth-order valence-electron chi connectivity index (χ4n) is 2.17. The first kappa shape index (κ1) is 15.2. The van der Waals surface area contributed by atoms with Gasteiger partial charge in [0, 0.05) is 25.0 Å². The summed E-state index contributed by atoms with van der Waals surface area (Å²) in [5.74, 6) is 1.25. The maximum atomic E-state index is 8.87. The Balaban J connectivity index is 2.14. The van der Waals surface area contributed by atoms with Crippen molar-refractivity contribution in [2.24, 2.45) is 7.05 Å². The van der Waals surface area contributed by atoms with Gasteiger partial charge in [-0.05, 0) is 25.1 Å². The first-order chi connectivity index (χ1) is 10.2. The zero-order valence-corrected chi connectivity index (χ0v) is 12.5. The van der Waals surface area contributed by atoms with E-state index >= 15 is 0 Å². The van der Waals surface area contributed by atoms with E-state index in [4.69, 9.17) is 14.6 Å². The van der Waals surface area contributed by atoms with Gasteiger partial charge < -0.3 is 19.9 Å². The van der Waals surface area contributed by atoms with Gasteiger partial charge in [-0.2, -0.15) is 5.10 Å². The molecule has 1 atom stereocenters. The third kappa shape index (κ3) is 3.66.